The Hall–Kier alpha value is -0.330. The lowest BCUT2D eigenvalue weighted by Gasteiger charge is -2.24. The maximum absolute atomic E-state index is 13.1. The van der Waals surface area contributed by atoms with E-state index in [1.807, 2.05) is 0 Å². The smallest absolute Gasteiger partial charge is 0.139 e. The second-order valence-corrected chi connectivity index (χ2v) is 8.02. The molecule has 1 nitrogen and oxygen atoms in total. The predicted molar refractivity (Wildman–Crippen MR) is 99.2 cm³/mol. The first-order valence-electron chi connectivity index (χ1n) is 9.95. The van der Waals surface area contributed by atoms with E-state index in [9.17, 15) is 4.79 Å². The van der Waals surface area contributed by atoms with Gasteiger partial charge in [-0.1, -0.05) is 80.1 Å². The number of rotatable bonds is 14. The Morgan fingerprint density at radius 2 is 1.00 bits per heavy atom. The minimum atomic E-state index is 0.330. The van der Waals surface area contributed by atoms with E-state index in [0.29, 0.717) is 29.5 Å². The van der Waals surface area contributed by atoms with E-state index < -0.39 is 0 Å². The molecule has 0 amide bonds. The summed E-state index contributed by atoms with van der Waals surface area (Å²) in [5.41, 5.74) is 0. The van der Waals surface area contributed by atoms with Gasteiger partial charge in [-0.05, 0) is 37.5 Å². The Morgan fingerprint density at radius 3 is 1.27 bits per heavy atom. The van der Waals surface area contributed by atoms with Crippen molar-refractivity contribution >= 4 is 5.78 Å². The van der Waals surface area contributed by atoms with Crippen LogP contribution in [-0.2, 0) is 4.79 Å². The molecule has 0 aromatic carbocycles. The van der Waals surface area contributed by atoms with Gasteiger partial charge in [-0.25, -0.2) is 0 Å². The lowest BCUT2D eigenvalue weighted by atomic mass is 9.80. The number of hydrogen-bond acceptors (Lipinski definition) is 1. The van der Waals surface area contributed by atoms with E-state index in [-0.39, 0.29) is 0 Å². The second kappa shape index (κ2) is 13.1. The van der Waals surface area contributed by atoms with Crippen molar-refractivity contribution in [3.8, 4) is 0 Å². The third-order valence-corrected chi connectivity index (χ3v) is 4.80. The molecule has 0 saturated carbocycles. The maximum Gasteiger partial charge on any atom is 0.139 e. The molecule has 0 N–H and O–H groups in total. The third kappa shape index (κ3) is 10.4. The van der Waals surface area contributed by atoms with Crippen molar-refractivity contribution in [2.24, 2.45) is 23.7 Å². The molecule has 0 aliphatic carbocycles. The summed E-state index contributed by atoms with van der Waals surface area (Å²) < 4.78 is 0. The van der Waals surface area contributed by atoms with E-state index in [1.165, 1.54) is 38.5 Å². The van der Waals surface area contributed by atoms with Gasteiger partial charge in [0, 0.05) is 11.8 Å². The van der Waals surface area contributed by atoms with Crippen LogP contribution in [-0.4, -0.2) is 5.78 Å². The second-order valence-electron chi connectivity index (χ2n) is 8.02. The quantitative estimate of drug-likeness (QED) is 0.336. The summed E-state index contributed by atoms with van der Waals surface area (Å²) in [6, 6.07) is 0. The SMILES string of the molecule is CCCCC(CCC(C)C)C(=O)C(CCCC)CCC(C)C. The molecule has 22 heavy (non-hydrogen) atoms. The molecule has 0 aromatic heterocycles. The molecule has 0 spiro atoms. The molecule has 2 unspecified atom stereocenters. The zero-order valence-corrected chi connectivity index (χ0v) is 16.3. The van der Waals surface area contributed by atoms with Crippen LogP contribution < -0.4 is 0 Å². The zero-order chi connectivity index (χ0) is 17.0. The molecule has 1 heteroatoms. The van der Waals surface area contributed by atoms with Crippen molar-refractivity contribution in [2.75, 3.05) is 0 Å². The summed E-state index contributed by atoms with van der Waals surface area (Å²) >= 11 is 0. The number of carbonyl (C=O) groups is 1. The van der Waals surface area contributed by atoms with Crippen molar-refractivity contribution in [1.82, 2.24) is 0 Å². The topological polar surface area (TPSA) is 17.1 Å². The van der Waals surface area contributed by atoms with Crippen LogP contribution >= 0.6 is 0 Å². The van der Waals surface area contributed by atoms with Crippen molar-refractivity contribution < 1.29 is 4.79 Å². The van der Waals surface area contributed by atoms with E-state index in [1.54, 1.807) is 0 Å². The summed E-state index contributed by atoms with van der Waals surface area (Å²) in [5, 5.41) is 0. The fraction of sp³-hybridized carbons (Fsp3) is 0.952. The number of ketones is 1. The Labute approximate surface area is 140 Å². The van der Waals surface area contributed by atoms with Gasteiger partial charge >= 0.3 is 0 Å². The molecule has 2 atom stereocenters. The van der Waals surface area contributed by atoms with Gasteiger partial charge in [-0.15, -0.1) is 0 Å². The molecule has 0 bridgehead atoms. The summed E-state index contributed by atoms with van der Waals surface area (Å²) in [4.78, 5) is 13.1. The van der Waals surface area contributed by atoms with Crippen LogP contribution in [0.3, 0.4) is 0 Å². The lowest BCUT2D eigenvalue weighted by molar-refractivity contribution is -0.128. The molecule has 0 rings (SSSR count). The highest BCUT2D eigenvalue weighted by Crippen LogP contribution is 2.28. The van der Waals surface area contributed by atoms with Gasteiger partial charge in [0.1, 0.15) is 5.78 Å². The molecule has 0 aromatic rings. The van der Waals surface area contributed by atoms with Gasteiger partial charge in [0.15, 0.2) is 0 Å². The van der Waals surface area contributed by atoms with Gasteiger partial charge in [-0.2, -0.15) is 0 Å². The van der Waals surface area contributed by atoms with E-state index in [4.69, 9.17) is 0 Å². The minimum absolute atomic E-state index is 0.330. The van der Waals surface area contributed by atoms with Crippen LogP contribution in [0, 0.1) is 23.7 Å². The van der Waals surface area contributed by atoms with Crippen LogP contribution in [0.15, 0.2) is 0 Å². The fourth-order valence-electron chi connectivity index (χ4n) is 3.16. The fourth-order valence-corrected chi connectivity index (χ4v) is 3.16. The van der Waals surface area contributed by atoms with E-state index >= 15 is 0 Å². The highest BCUT2D eigenvalue weighted by Gasteiger charge is 2.26. The number of Topliss-reactive ketones (excluding diaryl/α,β-unsaturated/α-hetero) is 1. The van der Waals surface area contributed by atoms with Crippen LogP contribution in [0.25, 0.3) is 0 Å². The molecule has 0 heterocycles. The number of unbranched alkanes of at least 4 members (excludes halogenated alkanes) is 2. The lowest BCUT2D eigenvalue weighted by Crippen LogP contribution is -2.25. The first-order valence-corrected chi connectivity index (χ1v) is 9.95. The molecule has 0 fully saturated rings. The average molecular weight is 311 g/mol. The summed E-state index contributed by atoms with van der Waals surface area (Å²) in [6.45, 7) is 13.6. The molecule has 132 valence electrons. The first kappa shape index (κ1) is 21.7. The Bertz CT molecular complexity index is 241. The molecule has 0 saturated heterocycles. The number of hydrogen-bond donors (Lipinski definition) is 0. The van der Waals surface area contributed by atoms with Crippen molar-refractivity contribution in [3.63, 3.8) is 0 Å². The standard InChI is InChI=1S/C21H42O/c1-7-9-11-19(15-13-17(3)4)21(22)20(12-10-8-2)16-14-18(5)6/h17-20H,7-16H2,1-6H3. The normalized spacial score (nSPS) is 14.5. The highest BCUT2D eigenvalue weighted by atomic mass is 16.1. The molecular formula is C21H42O. The molecule has 0 aliphatic heterocycles. The Balaban J connectivity index is 4.72. The van der Waals surface area contributed by atoms with E-state index in [0.717, 1.165) is 25.7 Å². The van der Waals surface area contributed by atoms with Gasteiger partial charge < -0.3 is 0 Å². The van der Waals surface area contributed by atoms with Crippen molar-refractivity contribution in [2.45, 2.75) is 106 Å². The molecule has 0 radical (unpaired) electrons. The Kier molecular flexibility index (Phi) is 12.9. The van der Waals surface area contributed by atoms with Gasteiger partial charge in [-0.3, -0.25) is 4.79 Å². The van der Waals surface area contributed by atoms with Crippen molar-refractivity contribution in [3.05, 3.63) is 0 Å². The van der Waals surface area contributed by atoms with Gasteiger partial charge in [0.2, 0.25) is 0 Å². The van der Waals surface area contributed by atoms with Crippen LogP contribution in [0.1, 0.15) is 106 Å². The summed E-state index contributed by atoms with van der Waals surface area (Å²) in [5.74, 6) is 2.68. The Morgan fingerprint density at radius 1 is 0.636 bits per heavy atom. The van der Waals surface area contributed by atoms with Gasteiger partial charge in [0.25, 0.3) is 0 Å². The average Bonchev–Trinajstić information content (AvgIpc) is 2.46. The summed E-state index contributed by atoms with van der Waals surface area (Å²) in [6.07, 6.45) is 11.7. The third-order valence-electron chi connectivity index (χ3n) is 4.80. The summed E-state index contributed by atoms with van der Waals surface area (Å²) in [7, 11) is 0. The minimum Gasteiger partial charge on any atom is -0.299 e. The van der Waals surface area contributed by atoms with Crippen molar-refractivity contribution in [1.29, 1.82) is 0 Å². The van der Waals surface area contributed by atoms with Crippen LogP contribution in [0.4, 0.5) is 0 Å². The molecule has 0 aliphatic rings. The van der Waals surface area contributed by atoms with Gasteiger partial charge in [0.05, 0.1) is 0 Å². The monoisotopic (exact) mass is 310 g/mol. The largest absolute Gasteiger partial charge is 0.299 e. The zero-order valence-electron chi connectivity index (χ0n) is 16.3. The van der Waals surface area contributed by atoms with Crippen LogP contribution in [0.5, 0.6) is 0 Å². The van der Waals surface area contributed by atoms with Crippen LogP contribution in [0.2, 0.25) is 0 Å². The maximum atomic E-state index is 13.1. The first-order chi connectivity index (χ1) is 10.4. The predicted octanol–water partition coefficient (Wildman–Crippen LogP) is 7.04. The number of carbonyl (C=O) groups excluding carboxylic acids is 1. The molecular weight excluding hydrogens is 268 g/mol. The highest BCUT2D eigenvalue weighted by molar-refractivity contribution is 5.83. The van der Waals surface area contributed by atoms with E-state index in [2.05, 4.69) is 41.5 Å².